The second-order valence-corrected chi connectivity index (χ2v) is 4.60. The number of aryl methyl sites for hydroxylation is 1. The Balaban J connectivity index is 2.25. The molecule has 5 heteroatoms. The summed E-state index contributed by atoms with van der Waals surface area (Å²) in [5.74, 6) is 0.760. The molecule has 1 aromatic heterocycles. The van der Waals surface area contributed by atoms with Crippen LogP contribution < -0.4 is 0 Å². The third-order valence-corrected chi connectivity index (χ3v) is 3.12. The van der Waals surface area contributed by atoms with Crippen molar-refractivity contribution >= 4 is 23.2 Å². The van der Waals surface area contributed by atoms with Gasteiger partial charge in [0.05, 0.1) is 5.69 Å². The molecule has 0 saturated heterocycles. The second-order valence-electron chi connectivity index (χ2n) is 3.75. The first-order valence-electron chi connectivity index (χ1n) is 5.30. The van der Waals surface area contributed by atoms with Crippen LogP contribution in [0.1, 0.15) is 24.0 Å². The Kier molecular flexibility index (Phi) is 3.60. The summed E-state index contributed by atoms with van der Waals surface area (Å²) in [7, 11) is 0. The Morgan fingerprint density at radius 1 is 1.35 bits per heavy atom. The third kappa shape index (κ3) is 2.73. The van der Waals surface area contributed by atoms with Crippen molar-refractivity contribution in [2.75, 3.05) is 0 Å². The lowest BCUT2D eigenvalue weighted by Crippen LogP contribution is -1.92. The van der Waals surface area contributed by atoms with E-state index in [4.69, 9.17) is 23.2 Å². The van der Waals surface area contributed by atoms with Crippen LogP contribution in [0.4, 0.5) is 0 Å². The van der Waals surface area contributed by atoms with E-state index in [0.717, 1.165) is 11.3 Å². The van der Waals surface area contributed by atoms with Crippen molar-refractivity contribution in [2.24, 2.45) is 0 Å². The molecule has 0 saturated carbocycles. The topological polar surface area (TPSA) is 48.9 Å². The fraction of sp³-hybridized carbons (Fsp3) is 0.250. The minimum atomic E-state index is 0.0626. The Morgan fingerprint density at radius 3 is 2.71 bits per heavy atom. The van der Waals surface area contributed by atoms with Crippen molar-refractivity contribution < 1.29 is 5.11 Å². The van der Waals surface area contributed by atoms with Gasteiger partial charge in [-0.25, -0.2) is 0 Å². The number of H-pyrrole nitrogens is 1. The Labute approximate surface area is 109 Å². The van der Waals surface area contributed by atoms with Crippen LogP contribution in [0, 0.1) is 0 Å². The van der Waals surface area contributed by atoms with Gasteiger partial charge in [-0.3, -0.25) is 0 Å². The molecule has 0 amide bonds. The summed E-state index contributed by atoms with van der Waals surface area (Å²) in [5.41, 5.74) is 1.66. The number of aromatic amines is 1. The molecule has 0 aliphatic carbocycles. The predicted molar refractivity (Wildman–Crippen MR) is 68.9 cm³/mol. The van der Waals surface area contributed by atoms with Crippen molar-refractivity contribution in [3.05, 3.63) is 45.3 Å². The standard InChI is InChI=1S/C12H12Cl2N2O/c1-2-10-12(17)16-11(15-10)5-7-3-4-8(13)6-9(7)14/h3-4,6,17H,2,5H2,1H3,(H,15,16). The molecule has 0 aliphatic rings. The molecule has 1 aromatic carbocycles. The van der Waals surface area contributed by atoms with Gasteiger partial charge in [0.2, 0.25) is 5.88 Å². The Bertz CT molecular complexity index is 537. The largest absolute Gasteiger partial charge is 0.492 e. The third-order valence-electron chi connectivity index (χ3n) is 2.53. The number of aromatic hydroxyl groups is 1. The molecule has 0 fully saturated rings. The van der Waals surface area contributed by atoms with Gasteiger partial charge in [0.25, 0.3) is 0 Å². The van der Waals surface area contributed by atoms with E-state index in [1.165, 1.54) is 0 Å². The van der Waals surface area contributed by atoms with Crippen molar-refractivity contribution in [1.82, 2.24) is 9.97 Å². The minimum absolute atomic E-state index is 0.0626. The van der Waals surface area contributed by atoms with Gasteiger partial charge in [-0.1, -0.05) is 36.2 Å². The monoisotopic (exact) mass is 270 g/mol. The fourth-order valence-electron chi connectivity index (χ4n) is 1.63. The van der Waals surface area contributed by atoms with Crippen molar-refractivity contribution in [1.29, 1.82) is 0 Å². The van der Waals surface area contributed by atoms with Crippen LogP contribution in [0.5, 0.6) is 5.88 Å². The predicted octanol–water partition coefficient (Wildman–Crippen LogP) is 3.58. The summed E-state index contributed by atoms with van der Waals surface area (Å²) in [6.07, 6.45) is 1.26. The van der Waals surface area contributed by atoms with Crippen molar-refractivity contribution in [3.8, 4) is 5.88 Å². The molecule has 0 spiro atoms. The lowest BCUT2D eigenvalue weighted by atomic mass is 10.1. The minimum Gasteiger partial charge on any atom is -0.492 e. The molecular weight excluding hydrogens is 259 g/mol. The van der Waals surface area contributed by atoms with Crippen LogP contribution in [0.15, 0.2) is 18.2 Å². The molecule has 2 rings (SSSR count). The van der Waals surface area contributed by atoms with Gasteiger partial charge < -0.3 is 10.1 Å². The number of halogens is 2. The van der Waals surface area contributed by atoms with E-state index in [-0.39, 0.29) is 5.88 Å². The Morgan fingerprint density at radius 2 is 2.12 bits per heavy atom. The number of hydrogen-bond donors (Lipinski definition) is 2. The summed E-state index contributed by atoms with van der Waals surface area (Å²) in [6.45, 7) is 1.95. The summed E-state index contributed by atoms with van der Waals surface area (Å²) in [4.78, 5) is 7.12. The molecule has 0 unspecified atom stereocenters. The maximum Gasteiger partial charge on any atom is 0.232 e. The molecule has 17 heavy (non-hydrogen) atoms. The van der Waals surface area contributed by atoms with Gasteiger partial charge in [0.15, 0.2) is 0 Å². The van der Waals surface area contributed by atoms with Gasteiger partial charge in [-0.05, 0) is 24.1 Å². The van der Waals surface area contributed by atoms with Gasteiger partial charge in [0.1, 0.15) is 5.82 Å². The van der Waals surface area contributed by atoms with E-state index in [9.17, 15) is 5.11 Å². The fourth-order valence-corrected chi connectivity index (χ4v) is 2.10. The van der Waals surface area contributed by atoms with Gasteiger partial charge in [-0.15, -0.1) is 0 Å². The first-order chi connectivity index (χ1) is 8.10. The normalized spacial score (nSPS) is 10.8. The lowest BCUT2D eigenvalue weighted by Gasteiger charge is -2.02. The highest BCUT2D eigenvalue weighted by Crippen LogP contribution is 2.24. The molecule has 0 atom stereocenters. The first-order valence-corrected chi connectivity index (χ1v) is 6.06. The number of nitrogens with one attached hydrogen (secondary N) is 1. The maximum absolute atomic E-state index is 9.53. The first kappa shape index (κ1) is 12.3. The summed E-state index contributed by atoms with van der Waals surface area (Å²) < 4.78 is 0. The highest BCUT2D eigenvalue weighted by atomic mass is 35.5. The van der Waals surface area contributed by atoms with E-state index in [1.54, 1.807) is 12.1 Å². The number of rotatable bonds is 3. The van der Waals surface area contributed by atoms with Crippen LogP contribution in [0.3, 0.4) is 0 Å². The molecule has 3 nitrogen and oxygen atoms in total. The second kappa shape index (κ2) is 4.98. The summed E-state index contributed by atoms with van der Waals surface area (Å²) in [5, 5.41) is 10.7. The molecule has 0 radical (unpaired) electrons. The number of benzene rings is 1. The maximum atomic E-state index is 9.53. The Hall–Kier alpha value is -1.19. The molecule has 2 N–H and O–H groups in total. The number of nitrogens with zero attached hydrogens (tertiary/aromatic N) is 1. The smallest absolute Gasteiger partial charge is 0.232 e. The zero-order valence-corrected chi connectivity index (χ0v) is 10.8. The highest BCUT2D eigenvalue weighted by Gasteiger charge is 2.09. The zero-order valence-electron chi connectivity index (χ0n) is 9.30. The number of hydrogen-bond acceptors (Lipinski definition) is 2. The van der Waals surface area contributed by atoms with E-state index >= 15 is 0 Å². The van der Waals surface area contributed by atoms with Gasteiger partial charge >= 0.3 is 0 Å². The number of aromatic nitrogens is 2. The summed E-state index contributed by atoms with van der Waals surface area (Å²) in [6, 6.07) is 5.34. The average molecular weight is 271 g/mol. The molecule has 1 heterocycles. The molecule has 90 valence electrons. The van der Waals surface area contributed by atoms with E-state index in [2.05, 4.69) is 9.97 Å². The average Bonchev–Trinajstić information content (AvgIpc) is 2.63. The van der Waals surface area contributed by atoms with Crippen LogP contribution in [0.25, 0.3) is 0 Å². The van der Waals surface area contributed by atoms with Crippen LogP contribution in [-0.2, 0) is 12.8 Å². The van der Waals surface area contributed by atoms with E-state index < -0.39 is 0 Å². The molecular formula is C12H12Cl2N2O. The van der Waals surface area contributed by atoms with E-state index in [0.29, 0.717) is 28.7 Å². The number of imidazole rings is 1. The zero-order chi connectivity index (χ0) is 12.4. The SMILES string of the molecule is CCc1[nH]c(Cc2ccc(Cl)cc2Cl)nc1O. The van der Waals surface area contributed by atoms with Crippen LogP contribution in [0.2, 0.25) is 10.0 Å². The van der Waals surface area contributed by atoms with Crippen molar-refractivity contribution in [2.45, 2.75) is 19.8 Å². The molecule has 0 aliphatic heterocycles. The molecule has 0 bridgehead atoms. The lowest BCUT2D eigenvalue weighted by molar-refractivity contribution is 0.449. The highest BCUT2D eigenvalue weighted by molar-refractivity contribution is 6.35. The van der Waals surface area contributed by atoms with E-state index in [1.807, 2.05) is 13.0 Å². The summed E-state index contributed by atoms with van der Waals surface area (Å²) >= 11 is 11.9. The van der Waals surface area contributed by atoms with Gasteiger partial charge in [-0.2, -0.15) is 4.98 Å². The van der Waals surface area contributed by atoms with Crippen LogP contribution in [-0.4, -0.2) is 15.1 Å². The quantitative estimate of drug-likeness (QED) is 0.896. The van der Waals surface area contributed by atoms with Crippen molar-refractivity contribution in [3.63, 3.8) is 0 Å². The van der Waals surface area contributed by atoms with Gasteiger partial charge in [0, 0.05) is 16.5 Å². The van der Waals surface area contributed by atoms with Crippen LogP contribution >= 0.6 is 23.2 Å². The molecule has 2 aromatic rings.